The number of hydrogen-bond donors (Lipinski definition) is 2. The molecule has 7 nitrogen and oxygen atoms in total. The first-order chi connectivity index (χ1) is 14.3. The topological polar surface area (TPSA) is 87.7 Å². The molecule has 0 radical (unpaired) electrons. The van der Waals surface area contributed by atoms with Crippen LogP contribution in [0.4, 0.5) is 0 Å². The third-order valence-corrected chi connectivity index (χ3v) is 5.16. The van der Waals surface area contributed by atoms with Crippen LogP contribution < -0.4 is 15.4 Å². The summed E-state index contributed by atoms with van der Waals surface area (Å²) in [6, 6.07) is 8.47. The van der Waals surface area contributed by atoms with Gasteiger partial charge in [0.2, 0.25) is 11.8 Å². The van der Waals surface area contributed by atoms with E-state index in [-0.39, 0.29) is 36.3 Å². The van der Waals surface area contributed by atoms with Crippen LogP contribution in [0, 0.1) is 11.8 Å². The number of para-hydroxylation sites is 1. The Balaban J connectivity index is 1.80. The summed E-state index contributed by atoms with van der Waals surface area (Å²) in [5.74, 6) is 0.555. The molecule has 1 aliphatic heterocycles. The van der Waals surface area contributed by atoms with Gasteiger partial charge in [0, 0.05) is 25.6 Å². The van der Waals surface area contributed by atoms with Gasteiger partial charge in [-0.3, -0.25) is 14.4 Å². The highest BCUT2D eigenvalue weighted by molar-refractivity contribution is 5.88. The average Bonchev–Trinajstić information content (AvgIpc) is 2.71. The van der Waals surface area contributed by atoms with E-state index in [0.717, 1.165) is 12.8 Å². The molecule has 0 aromatic heterocycles. The summed E-state index contributed by atoms with van der Waals surface area (Å²) in [6.07, 6.45) is 2.01. The van der Waals surface area contributed by atoms with Crippen molar-refractivity contribution in [1.82, 2.24) is 15.5 Å². The predicted molar refractivity (Wildman–Crippen MR) is 116 cm³/mol. The maximum absolute atomic E-state index is 12.8. The molecule has 1 fully saturated rings. The summed E-state index contributed by atoms with van der Waals surface area (Å²) in [4.78, 5) is 39.1. The normalized spacial score (nSPS) is 15.7. The lowest BCUT2D eigenvalue weighted by molar-refractivity contribution is -0.134. The lowest BCUT2D eigenvalue weighted by Crippen LogP contribution is -2.55. The Morgan fingerprint density at radius 1 is 1.07 bits per heavy atom. The second-order valence-electron chi connectivity index (χ2n) is 8.65. The maximum atomic E-state index is 12.8. The Kier molecular flexibility index (Phi) is 9.15. The first-order valence-corrected chi connectivity index (χ1v) is 10.8. The molecule has 0 saturated carbocycles. The third-order valence-electron chi connectivity index (χ3n) is 5.16. The van der Waals surface area contributed by atoms with E-state index in [2.05, 4.69) is 10.6 Å². The van der Waals surface area contributed by atoms with Gasteiger partial charge in [-0.2, -0.15) is 0 Å². The molecule has 2 N–H and O–H groups in total. The fourth-order valence-electron chi connectivity index (χ4n) is 3.46. The fourth-order valence-corrected chi connectivity index (χ4v) is 3.46. The van der Waals surface area contributed by atoms with E-state index in [1.807, 2.05) is 50.8 Å². The van der Waals surface area contributed by atoms with Crippen molar-refractivity contribution in [3.05, 3.63) is 30.3 Å². The van der Waals surface area contributed by atoms with Crippen LogP contribution >= 0.6 is 0 Å². The Labute approximate surface area is 179 Å². The molecule has 1 atom stereocenters. The van der Waals surface area contributed by atoms with Crippen LogP contribution in [-0.4, -0.2) is 54.4 Å². The minimum absolute atomic E-state index is 0.0133. The van der Waals surface area contributed by atoms with Crippen LogP contribution in [0.15, 0.2) is 30.3 Å². The zero-order chi connectivity index (χ0) is 22.1. The molecule has 7 heteroatoms. The Hall–Kier alpha value is -2.57. The molecular formula is C23H35N3O4. The van der Waals surface area contributed by atoms with Gasteiger partial charge >= 0.3 is 0 Å². The standard InChI is InChI=1S/C23H35N3O4/c1-16(2)14-21(28)26-12-10-18(11-13-26)24-23(29)22(17(3)4)25-20(27)15-30-19-8-6-5-7-9-19/h5-9,16-18,22H,10-15H2,1-4H3,(H,24,29)(H,25,27). The second kappa shape index (κ2) is 11.6. The zero-order valence-electron chi connectivity index (χ0n) is 18.5. The predicted octanol–water partition coefficient (Wildman–Crippen LogP) is 2.36. The molecule has 1 aromatic rings. The molecule has 3 amide bonds. The highest BCUT2D eigenvalue weighted by Gasteiger charge is 2.29. The number of ether oxygens (including phenoxy) is 1. The molecule has 1 aromatic carbocycles. The largest absolute Gasteiger partial charge is 0.484 e. The van der Waals surface area contributed by atoms with Gasteiger partial charge in [-0.15, -0.1) is 0 Å². The first-order valence-electron chi connectivity index (χ1n) is 10.8. The number of benzene rings is 1. The van der Waals surface area contributed by atoms with Crippen molar-refractivity contribution in [2.75, 3.05) is 19.7 Å². The van der Waals surface area contributed by atoms with E-state index in [1.54, 1.807) is 12.1 Å². The third kappa shape index (κ3) is 7.69. The number of hydrogen-bond acceptors (Lipinski definition) is 4. The van der Waals surface area contributed by atoms with Crippen LogP contribution in [0.1, 0.15) is 47.0 Å². The molecule has 0 spiro atoms. The number of carbonyl (C=O) groups is 3. The number of likely N-dealkylation sites (tertiary alicyclic amines) is 1. The highest BCUT2D eigenvalue weighted by atomic mass is 16.5. The van der Waals surface area contributed by atoms with Gasteiger partial charge in [0.1, 0.15) is 11.8 Å². The molecular weight excluding hydrogens is 382 g/mol. The second-order valence-corrected chi connectivity index (χ2v) is 8.65. The number of carbonyl (C=O) groups excluding carboxylic acids is 3. The van der Waals surface area contributed by atoms with Crippen molar-refractivity contribution in [2.45, 2.75) is 59.0 Å². The summed E-state index contributed by atoms with van der Waals surface area (Å²) >= 11 is 0. The molecule has 1 heterocycles. The van der Waals surface area contributed by atoms with E-state index in [9.17, 15) is 14.4 Å². The quantitative estimate of drug-likeness (QED) is 0.646. The van der Waals surface area contributed by atoms with Crippen LogP contribution in [0.5, 0.6) is 5.75 Å². The summed E-state index contributed by atoms with van der Waals surface area (Å²) in [6.45, 7) is 9.04. The van der Waals surface area contributed by atoms with Crippen molar-refractivity contribution in [1.29, 1.82) is 0 Å². The maximum Gasteiger partial charge on any atom is 0.258 e. The number of amides is 3. The summed E-state index contributed by atoms with van der Waals surface area (Å²) in [5.41, 5.74) is 0. The molecule has 0 aliphatic carbocycles. The van der Waals surface area contributed by atoms with Gasteiger partial charge in [0.05, 0.1) is 0 Å². The SMILES string of the molecule is CC(C)CC(=O)N1CCC(NC(=O)C(NC(=O)COc2ccccc2)C(C)C)CC1. The van der Waals surface area contributed by atoms with Gasteiger partial charge in [-0.1, -0.05) is 45.9 Å². The lowest BCUT2D eigenvalue weighted by atomic mass is 10.00. The monoisotopic (exact) mass is 417 g/mol. The first kappa shape index (κ1) is 23.7. The van der Waals surface area contributed by atoms with Crippen LogP contribution in [0.2, 0.25) is 0 Å². The smallest absolute Gasteiger partial charge is 0.258 e. The van der Waals surface area contributed by atoms with Crippen molar-refractivity contribution in [3.63, 3.8) is 0 Å². The molecule has 2 rings (SSSR count). The fraction of sp³-hybridized carbons (Fsp3) is 0.609. The number of piperidine rings is 1. The average molecular weight is 418 g/mol. The van der Waals surface area contributed by atoms with Gasteiger partial charge in [-0.05, 0) is 36.8 Å². The van der Waals surface area contributed by atoms with E-state index in [0.29, 0.717) is 31.2 Å². The van der Waals surface area contributed by atoms with E-state index >= 15 is 0 Å². The minimum Gasteiger partial charge on any atom is -0.484 e. The molecule has 0 bridgehead atoms. The van der Waals surface area contributed by atoms with E-state index < -0.39 is 6.04 Å². The number of rotatable bonds is 9. The van der Waals surface area contributed by atoms with Crippen molar-refractivity contribution >= 4 is 17.7 Å². The molecule has 166 valence electrons. The van der Waals surface area contributed by atoms with E-state index in [4.69, 9.17) is 4.74 Å². The molecule has 1 unspecified atom stereocenters. The molecule has 30 heavy (non-hydrogen) atoms. The summed E-state index contributed by atoms with van der Waals surface area (Å²) < 4.78 is 5.46. The van der Waals surface area contributed by atoms with Crippen molar-refractivity contribution in [2.24, 2.45) is 11.8 Å². The Bertz CT molecular complexity index is 698. The van der Waals surface area contributed by atoms with Gasteiger partial charge in [-0.25, -0.2) is 0 Å². The van der Waals surface area contributed by atoms with Crippen molar-refractivity contribution in [3.8, 4) is 5.75 Å². The number of nitrogens with one attached hydrogen (secondary N) is 2. The Morgan fingerprint density at radius 2 is 1.70 bits per heavy atom. The molecule has 1 saturated heterocycles. The lowest BCUT2D eigenvalue weighted by Gasteiger charge is -2.34. The minimum atomic E-state index is -0.627. The van der Waals surface area contributed by atoms with Crippen LogP contribution in [0.3, 0.4) is 0 Å². The summed E-state index contributed by atoms with van der Waals surface area (Å²) in [7, 11) is 0. The zero-order valence-corrected chi connectivity index (χ0v) is 18.5. The van der Waals surface area contributed by atoms with Gasteiger partial charge < -0.3 is 20.3 Å². The van der Waals surface area contributed by atoms with Crippen LogP contribution in [0.25, 0.3) is 0 Å². The Morgan fingerprint density at radius 3 is 2.27 bits per heavy atom. The van der Waals surface area contributed by atoms with Crippen molar-refractivity contribution < 1.29 is 19.1 Å². The van der Waals surface area contributed by atoms with E-state index in [1.165, 1.54) is 0 Å². The highest BCUT2D eigenvalue weighted by Crippen LogP contribution is 2.14. The van der Waals surface area contributed by atoms with Crippen LogP contribution in [-0.2, 0) is 14.4 Å². The number of nitrogens with zero attached hydrogens (tertiary/aromatic N) is 1. The summed E-state index contributed by atoms with van der Waals surface area (Å²) in [5, 5.41) is 5.83. The molecule has 1 aliphatic rings. The van der Waals surface area contributed by atoms with Gasteiger partial charge in [0.25, 0.3) is 5.91 Å². The van der Waals surface area contributed by atoms with Gasteiger partial charge in [0.15, 0.2) is 6.61 Å².